The number of pyridine rings is 1. The van der Waals surface area contributed by atoms with E-state index >= 15 is 0 Å². The highest BCUT2D eigenvalue weighted by Gasteiger charge is 2.30. The summed E-state index contributed by atoms with van der Waals surface area (Å²) in [5, 5.41) is 2.62. The van der Waals surface area contributed by atoms with E-state index in [1.165, 1.54) is 0 Å². The highest BCUT2D eigenvalue weighted by atomic mass is 19.4. The van der Waals surface area contributed by atoms with E-state index in [2.05, 4.69) is 16.2 Å². The molecular weight excluding hydrogens is 257 g/mol. The molecule has 0 saturated heterocycles. The summed E-state index contributed by atoms with van der Waals surface area (Å²) in [7, 11) is 0. The second-order valence-electron chi connectivity index (χ2n) is 3.92. The van der Waals surface area contributed by atoms with Crippen molar-refractivity contribution in [3.63, 3.8) is 0 Å². The lowest BCUT2D eigenvalue weighted by molar-refractivity contribution is -0.137. The predicted octanol–water partition coefficient (Wildman–Crippen LogP) is 2.63. The number of terminal acetylenes is 1. The van der Waals surface area contributed by atoms with Crippen molar-refractivity contribution in [2.24, 2.45) is 0 Å². The van der Waals surface area contributed by atoms with Gasteiger partial charge in [-0.05, 0) is 18.6 Å². The van der Waals surface area contributed by atoms with E-state index in [1.54, 1.807) is 0 Å². The van der Waals surface area contributed by atoms with Gasteiger partial charge in [0, 0.05) is 18.7 Å². The molecule has 0 radical (unpaired) electrons. The van der Waals surface area contributed by atoms with E-state index in [0.29, 0.717) is 19.0 Å². The number of carbonyl (C=O) groups excluding carboxylic acids is 1. The molecule has 102 valence electrons. The van der Waals surface area contributed by atoms with E-state index in [4.69, 9.17) is 6.42 Å². The van der Waals surface area contributed by atoms with Crippen molar-refractivity contribution >= 4 is 5.91 Å². The summed E-state index contributed by atoms with van der Waals surface area (Å²) in [5.74, 6) is 1.89. The maximum atomic E-state index is 12.3. The molecule has 0 aliphatic heterocycles. The standard InChI is InChI=1S/C13H13F3N2O/c1-3-5-10(4-2)18-12(19)11-7-6-9(8-17-11)13(14,15)16/h1,6-8,10H,4-5H2,2H3,(H,18,19). The second kappa shape index (κ2) is 6.23. The average molecular weight is 270 g/mol. The Bertz CT molecular complexity index is 474. The number of amides is 1. The Morgan fingerprint density at radius 3 is 2.63 bits per heavy atom. The lowest BCUT2D eigenvalue weighted by Gasteiger charge is -2.14. The van der Waals surface area contributed by atoms with Gasteiger partial charge >= 0.3 is 6.18 Å². The smallest absolute Gasteiger partial charge is 0.347 e. The fourth-order valence-electron chi connectivity index (χ4n) is 1.39. The average Bonchev–Trinajstić information content (AvgIpc) is 2.37. The zero-order valence-electron chi connectivity index (χ0n) is 10.3. The molecule has 0 bridgehead atoms. The Morgan fingerprint density at radius 2 is 2.21 bits per heavy atom. The summed E-state index contributed by atoms with van der Waals surface area (Å²) in [6.07, 6.45) is 2.32. The van der Waals surface area contributed by atoms with Gasteiger partial charge in [-0.25, -0.2) is 0 Å². The molecule has 1 rings (SSSR count). The van der Waals surface area contributed by atoms with Crippen LogP contribution in [-0.4, -0.2) is 16.9 Å². The minimum atomic E-state index is -4.46. The summed E-state index contributed by atoms with van der Waals surface area (Å²) in [4.78, 5) is 15.2. The first-order valence-electron chi connectivity index (χ1n) is 5.66. The summed E-state index contributed by atoms with van der Waals surface area (Å²) < 4.78 is 37.0. The first-order valence-corrected chi connectivity index (χ1v) is 5.66. The van der Waals surface area contributed by atoms with Crippen molar-refractivity contribution < 1.29 is 18.0 Å². The van der Waals surface area contributed by atoms with Crippen LogP contribution in [0.1, 0.15) is 35.8 Å². The lowest BCUT2D eigenvalue weighted by atomic mass is 10.1. The SMILES string of the molecule is C#CCC(CC)NC(=O)c1ccc(C(F)(F)F)cn1. The number of hydrogen-bond donors (Lipinski definition) is 1. The first kappa shape index (κ1) is 15.0. The molecule has 0 spiro atoms. The van der Waals surface area contributed by atoms with E-state index in [9.17, 15) is 18.0 Å². The van der Waals surface area contributed by atoms with Crippen molar-refractivity contribution in [3.05, 3.63) is 29.6 Å². The highest BCUT2D eigenvalue weighted by Crippen LogP contribution is 2.28. The van der Waals surface area contributed by atoms with Crippen LogP contribution in [0.3, 0.4) is 0 Å². The van der Waals surface area contributed by atoms with Crippen LogP contribution >= 0.6 is 0 Å². The van der Waals surface area contributed by atoms with Gasteiger partial charge in [0.25, 0.3) is 5.91 Å². The zero-order valence-corrected chi connectivity index (χ0v) is 10.3. The van der Waals surface area contributed by atoms with E-state index < -0.39 is 17.6 Å². The Labute approximate surface area is 109 Å². The van der Waals surface area contributed by atoms with Gasteiger partial charge in [-0.2, -0.15) is 13.2 Å². The molecule has 1 amide bonds. The Hall–Kier alpha value is -2.03. The van der Waals surface area contributed by atoms with E-state index in [-0.39, 0.29) is 11.7 Å². The number of carbonyl (C=O) groups is 1. The molecule has 6 heteroatoms. The van der Waals surface area contributed by atoms with Crippen LogP contribution in [0.4, 0.5) is 13.2 Å². The van der Waals surface area contributed by atoms with Gasteiger partial charge in [0.15, 0.2) is 0 Å². The molecule has 1 aromatic heterocycles. The van der Waals surface area contributed by atoms with Crippen molar-refractivity contribution in [3.8, 4) is 12.3 Å². The van der Waals surface area contributed by atoms with E-state index in [1.807, 2.05) is 6.92 Å². The molecule has 1 aromatic rings. The number of rotatable bonds is 4. The van der Waals surface area contributed by atoms with Crippen molar-refractivity contribution in [1.82, 2.24) is 10.3 Å². The molecule has 0 aliphatic carbocycles. The fourth-order valence-corrected chi connectivity index (χ4v) is 1.39. The number of hydrogen-bond acceptors (Lipinski definition) is 2. The van der Waals surface area contributed by atoms with Crippen LogP contribution in [-0.2, 0) is 6.18 Å². The Balaban J connectivity index is 2.76. The van der Waals surface area contributed by atoms with Crippen LogP contribution < -0.4 is 5.32 Å². The van der Waals surface area contributed by atoms with Crippen molar-refractivity contribution in [1.29, 1.82) is 0 Å². The number of nitrogens with zero attached hydrogens (tertiary/aromatic N) is 1. The topological polar surface area (TPSA) is 42.0 Å². The third-order valence-corrected chi connectivity index (χ3v) is 2.52. The van der Waals surface area contributed by atoms with Crippen LogP contribution in [0.5, 0.6) is 0 Å². The summed E-state index contributed by atoms with van der Waals surface area (Å²) in [6, 6.07) is 1.66. The summed E-state index contributed by atoms with van der Waals surface area (Å²) in [5.41, 5.74) is -0.955. The third-order valence-electron chi connectivity index (χ3n) is 2.52. The molecule has 1 N–H and O–H groups in total. The predicted molar refractivity (Wildman–Crippen MR) is 64.2 cm³/mol. The van der Waals surface area contributed by atoms with Crippen LogP contribution in [0.25, 0.3) is 0 Å². The zero-order chi connectivity index (χ0) is 14.5. The normalized spacial score (nSPS) is 12.6. The third kappa shape index (κ3) is 4.28. The molecule has 19 heavy (non-hydrogen) atoms. The highest BCUT2D eigenvalue weighted by molar-refractivity contribution is 5.92. The van der Waals surface area contributed by atoms with Crippen molar-refractivity contribution in [2.45, 2.75) is 32.0 Å². The Morgan fingerprint density at radius 1 is 1.53 bits per heavy atom. The van der Waals surface area contributed by atoms with Gasteiger partial charge in [0.2, 0.25) is 0 Å². The maximum absolute atomic E-state index is 12.3. The molecule has 0 aromatic carbocycles. The molecule has 0 aliphatic rings. The number of alkyl halides is 3. The lowest BCUT2D eigenvalue weighted by Crippen LogP contribution is -2.34. The molecular formula is C13H13F3N2O. The minimum absolute atomic E-state index is 0.0662. The monoisotopic (exact) mass is 270 g/mol. The maximum Gasteiger partial charge on any atom is 0.417 e. The van der Waals surface area contributed by atoms with Gasteiger partial charge in [-0.15, -0.1) is 12.3 Å². The quantitative estimate of drug-likeness (QED) is 0.855. The molecule has 3 nitrogen and oxygen atoms in total. The van der Waals surface area contributed by atoms with Crippen LogP contribution in [0, 0.1) is 12.3 Å². The van der Waals surface area contributed by atoms with Crippen molar-refractivity contribution in [2.75, 3.05) is 0 Å². The molecule has 1 heterocycles. The first-order chi connectivity index (χ1) is 8.88. The molecule has 1 atom stereocenters. The van der Waals surface area contributed by atoms with Gasteiger partial charge in [-0.3, -0.25) is 9.78 Å². The Kier molecular flexibility index (Phi) is 4.93. The van der Waals surface area contributed by atoms with Gasteiger partial charge in [0.05, 0.1) is 5.56 Å². The van der Waals surface area contributed by atoms with Crippen LogP contribution in [0.15, 0.2) is 18.3 Å². The minimum Gasteiger partial charge on any atom is -0.347 e. The molecule has 0 saturated carbocycles. The largest absolute Gasteiger partial charge is 0.417 e. The van der Waals surface area contributed by atoms with Gasteiger partial charge < -0.3 is 5.32 Å². The fraction of sp³-hybridized carbons (Fsp3) is 0.385. The molecule has 0 fully saturated rings. The summed E-state index contributed by atoms with van der Waals surface area (Å²) >= 11 is 0. The van der Waals surface area contributed by atoms with Crippen LogP contribution in [0.2, 0.25) is 0 Å². The molecule has 1 unspecified atom stereocenters. The number of aromatic nitrogens is 1. The van der Waals surface area contributed by atoms with Gasteiger partial charge in [-0.1, -0.05) is 6.92 Å². The van der Waals surface area contributed by atoms with E-state index in [0.717, 1.165) is 12.1 Å². The van der Waals surface area contributed by atoms with Gasteiger partial charge in [0.1, 0.15) is 5.69 Å². The number of halogens is 3. The second-order valence-corrected chi connectivity index (χ2v) is 3.92. The number of nitrogens with one attached hydrogen (secondary N) is 1. The summed E-state index contributed by atoms with van der Waals surface area (Å²) in [6.45, 7) is 1.85.